The van der Waals surface area contributed by atoms with Gasteiger partial charge in [-0.25, -0.2) is 4.98 Å². The molecule has 0 saturated heterocycles. The summed E-state index contributed by atoms with van der Waals surface area (Å²) in [6.45, 7) is 0. The van der Waals surface area contributed by atoms with Gasteiger partial charge in [0.05, 0.1) is 4.88 Å². The number of rotatable bonds is 1. The van der Waals surface area contributed by atoms with Gasteiger partial charge in [0, 0.05) is 16.8 Å². The fraction of sp³-hybridized carbons (Fsp3) is 0.308. The number of fused-ring (bicyclic) bond motifs is 3. The predicted molar refractivity (Wildman–Crippen MR) is 73.0 cm³/mol. The van der Waals surface area contributed by atoms with E-state index < -0.39 is 0 Å². The standard InChI is InChI=1S/C13H12N2S2/c1-2-5-12-10(4-1)15-8-9(14-13(15)17-12)11-6-3-7-16-11/h3,6-8H,1-2,4-5H2. The van der Waals surface area contributed by atoms with Crippen molar-refractivity contribution in [2.24, 2.45) is 0 Å². The van der Waals surface area contributed by atoms with E-state index in [2.05, 4.69) is 28.1 Å². The molecule has 1 aliphatic rings. The third-order valence-electron chi connectivity index (χ3n) is 3.34. The first-order chi connectivity index (χ1) is 8.42. The molecule has 3 aromatic rings. The quantitative estimate of drug-likeness (QED) is 0.646. The van der Waals surface area contributed by atoms with Gasteiger partial charge in [-0.3, -0.25) is 4.40 Å². The summed E-state index contributed by atoms with van der Waals surface area (Å²) in [5.74, 6) is 0. The molecule has 0 bridgehead atoms. The van der Waals surface area contributed by atoms with E-state index in [-0.39, 0.29) is 0 Å². The van der Waals surface area contributed by atoms with Crippen molar-refractivity contribution < 1.29 is 0 Å². The molecule has 0 N–H and O–H groups in total. The fourth-order valence-corrected chi connectivity index (χ4v) is 4.38. The molecule has 0 amide bonds. The Hall–Kier alpha value is -1.13. The minimum Gasteiger partial charge on any atom is -0.294 e. The minimum atomic E-state index is 1.12. The zero-order valence-corrected chi connectivity index (χ0v) is 11.0. The fourth-order valence-electron chi connectivity index (χ4n) is 2.51. The van der Waals surface area contributed by atoms with Gasteiger partial charge in [-0.15, -0.1) is 22.7 Å². The van der Waals surface area contributed by atoms with Gasteiger partial charge in [0.25, 0.3) is 0 Å². The number of nitrogens with zero attached hydrogens (tertiary/aromatic N) is 2. The second-order valence-corrected chi connectivity index (χ2v) is 6.44. The van der Waals surface area contributed by atoms with Crippen molar-refractivity contribution in [3.05, 3.63) is 34.3 Å². The summed E-state index contributed by atoms with van der Waals surface area (Å²) in [4.78, 5) is 8.74. The van der Waals surface area contributed by atoms with Crippen molar-refractivity contribution in [1.29, 1.82) is 0 Å². The molecule has 0 radical (unpaired) electrons. The van der Waals surface area contributed by atoms with Gasteiger partial charge < -0.3 is 0 Å². The second kappa shape index (κ2) is 3.68. The van der Waals surface area contributed by atoms with Crippen LogP contribution in [0.4, 0.5) is 0 Å². The number of aryl methyl sites for hydroxylation is 2. The number of thiazole rings is 1. The van der Waals surface area contributed by atoms with E-state index in [1.807, 2.05) is 11.3 Å². The van der Waals surface area contributed by atoms with Crippen molar-refractivity contribution in [3.8, 4) is 10.6 Å². The topological polar surface area (TPSA) is 17.3 Å². The molecule has 0 aliphatic heterocycles. The Balaban J connectivity index is 1.91. The number of imidazole rings is 1. The largest absolute Gasteiger partial charge is 0.294 e. The molecule has 1 aliphatic carbocycles. The Morgan fingerprint density at radius 3 is 3.06 bits per heavy atom. The first-order valence-electron chi connectivity index (χ1n) is 5.95. The van der Waals surface area contributed by atoms with E-state index in [1.165, 1.54) is 41.2 Å². The first kappa shape index (κ1) is 9.85. The van der Waals surface area contributed by atoms with Crippen molar-refractivity contribution in [1.82, 2.24) is 9.38 Å². The number of hydrogen-bond donors (Lipinski definition) is 0. The molecule has 3 heterocycles. The summed E-state index contributed by atoms with van der Waals surface area (Å²) in [5, 5.41) is 2.11. The van der Waals surface area contributed by atoms with Crippen molar-refractivity contribution >= 4 is 27.6 Å². The van der Waals surface area contributed by atoms with Crippen molar-refractivity contribution in [2.75, 3.05) is 0 Å². The Bertz CT molecular complexity index is 661. The summed E-state index contributed by atoms with van der Waals surface area (Å²) >= 11 is 3.64. The average molecular weight is 260 g/mol. The van der Waals surface area contributed by atoms with Crippen LogP contribution in [0.3, 0.4) is 0 Å². The Morgan fingerprint density at radius 2 is 2.18 bits per heavy atom. The zero-order chi connectivity index (χ0) is 11.2. The molecular formula is C13H12N2S2. The molecule has 3 aromatic heterocycles. The van der Waals surface area contributed by atoms with E-state index in [4.69, 9.17) is 4.98 Å². The highest BCUT2D eigenvalue weighted by Crippen LogP contribution is 2.33. The second-order valence-electron chi connectivity index (χ2n) is 4.44. The normalized spacial score (nSPS) is 15.3. The summed E-state index contributed by atoms with van der Waals surface area (Å²) in [6.07, 6.45) is 7.34. The van der Waals surface area contributed by atoms with Crippen LogP contribution >= 0.6 is 22.7 Å². The Labute approximate surface area is 108 Å². The van der Waals surface area contributed by atoms with Gasteiger partial charge in [0.2, 0.25) is 0 Å². The molecule has 4 heteroatoms. The molecule has 0 spiro atoms. The van der Waals surface area contributed by atoms with E-state index >= 15 is 0 Å². The van der Waals surface area contributed by atoms with Crippen LogP contribution in [0.15, 0.2) is 23.7 Å². The van der Waals surface area contributed by atoms with E-state index in [0.29, 0.717) is 0 Å². The molecule has 86 valence electrons. The highest BCUT2D eigenvalue weighted by Gasteiger charge is 2.18. The van der Waals surface area contributed by atoms with Crippen molar-refractivity contribution in [3.63, 3.8) is 0 Å². The van der Waals surface area contributed by atoms with Gasteiger partial charge in [-0.05, 0) is 37.1 Å². The number of thiophene rings is 1. The molecule has 0 aromatic carbocycles. The number of hydrogen-bond acceptors (Lipinski definition) is 3. The maximum atomic E-state index is 4.75. The van der Waals surface area contributed by atoms with E-state index in [0.717, 1.165) is 5.69 Å². The molecular weight excluding hydrogens is 248 g/mol. The molecule has 4 rings (SSSR count). The molecule has 0 saturated carbocycles. The summed E-state index contributed by atoms with van der Waals surface area (Å²) in [7, 11) is 0. The van der Waals surface area contributed by atoms with E-state index in [1.54, 1.807) is 16.2 Å². The van der Waals surface area contributed by atoms with Crippen molar-refractivity contribution in [2.45, 2.75) is 25.7 Å². The highest BCUT2D eigenvalue weighted by molar-refractivity contribution is 7.17. The zero-order valence-electron chi connectivity index (χ0n) is 9.35. The van der Waals surface area contributed by atoms with E-state index in [9.17, 15) is 0 Å². The SMILES string of the molecule is c1csc(-c2cn3c4c(sc3n2)CCCC4)c1. The Morgan fingerprint density at radius 1 is 1.24 bits per heavy atom. The summed E-state index contributed by atoms with van der Waals surface area (Å²) in [5.41, 5.74) is 2.63. The lowest BCUT2D eigenvalue weighted by Crippen LogP contribution is -2.01. The lowest BCUT2D eigenvalue weighted by molar-refractivity contribution is 0.674. The first-order valence-corrected chi connectivity index (χ1v) is 7.65. The summed E-state index contributed by atoms with van der Waals surface area (Å²) < 4.78 is 2.31. The molecule has 0 fully saturated rings. The maximum absolute atomic E-state index is 4.75. The van der Waals surface area contributed by atoms with Gasteiger partial charge in [0.15, 0.2) is 4.96 Å². The minimum absolute atomic E-state index is 1.12. The lowest BCUT2D eigenvalue weighted by Gasteiger charge is -2.09. The van der Waals surface area contributed by atoms with Gasteiger partial charge in [-0.2, -0.15) is 0 Å². The van der Waals surface area contributed by atoms with Crippen LogP contribution < -0.4 is 0 Å². The molecule has 17 heavy (non-hydrogen) atoms. The Kier molecular flexibility index (Phi) is 2.13. The van der Waals surface area contributed by atoms with Crippen LogP contribution in [0, 0.1) is 0 Å². The summed E-state index contributed by atoms with van der Waals surface area (Å²) in [6, 6.07) is 4.23. The van der Waals surface area contributed by atoms with Gasteiger partial charge >= 0.3 is 0 Å². The molecule has 2 nitrogen and oxygen atoms in total. The molecule has 0 atom stereocenters. The third kappa shape index (κ3) is 1.47. The predicted octanol–water partition coefficient (Wildman–Crippen LogP) is 4.00. The van der Waals surface area contributed by atoms with Crippen LogP contribution in [-0.4, -0.2) is 9.38 Å². The van der Waals surface area contributed by atoms with Crippen LogP contribution in [-0.2, 0) is 12.8 Å². The van der Waals surface area contributed by atoms with Gasteiger partial charge in [-0.1, -0.05) is 6.07 Å². The maximum Gasteiger partial charge on any atom is 0.194 e. The third-order valence-corrected chi connectivity index (χ3v) is 5.39. The smallest absolute Gasteiger partial charge is 0.194 e. The van der Waals surface area contributed by atoms with Gasteiger partial charge in [0.1, 0.15) is 5.69 Å². The number of aromatic nitrogens is 2. The molecule has 0 unspecified atom stereocenters. The monoisotopic (exact) mass is 260 g/mol. The highest BCUT2D eigenvalue weighted by atomic mass is 32.1. The van der Waals surface area contributed by atoms with Crippen LogP contribution in [0.2, 0.25) is 0 Å². The van der Waals surface area contributed by atoms with Crippen LogP contribution in [0.5, 0.6) is 0 Å². The van der Waals surface area contributed by atoms with Crippen LogP contribution in [0.25, 0.3) is 15.5 Å². The lowest BCUT2D eigenvalue weighted by atomic mass is 10.0. The average Bonchev–Trinajstić information content (AvgIpc) is 3.03. The van der Waals surface area contributed by atoms with Crippen LogP contribution in [0.1, 0.15) is 23.4 Å².